The van der Waals surface area contributed by atoms with Crippen LogP contribution in [-0.2, 0) is 4.79 Å². The van der Waals surface area contributed by atoms with E-state index in [-0.39, 0.29) is 0 Å². The van der Waals surface area contributed by atoms with Crippen molar-refractivity contribution >= 4 is 23.3 Å². The highest BCUT2D eigenvalue weighted by molar-refractivity contribution is 6.33. The van der Waals surface area contributed by atoms with E-state index in [2.05, 4.69) is 5.32 Å². The first-order valence-corrected chi connectivity index (χ1v) is 6.69. The van der Waals surface area contributed by atoms with Crippen molar-refractivity contribution in [1.82, 2.24) is 0 Å². The van der Waals surface area contributed by atoms with Crippen LogP contribution in [0, 0.1) is 0 Å². The lowest BCUT2D eigenvalue weighted by Crippen LogP contribution is -2.46. The summed E-state index contributed by atoms with van der Waals surface area (Å²) in [6.45, 7) is 3.98. The van der Waals surface area contributed by atoms with E-state index in [4.69, 9.17) is 11.6 Å². The number of anilines is 1. The molecule has 4 heteroatoms. The van der Waals surface area contributed by atoms with E-state index in [9.17, 15) is 9.90 Å². The first kappa shape index (κ1) is 14.8. The number of hydrogen-bond donors (Lipinski definition) is 2. The summed E-state index contributed by atoms with van der Waals surface area (Å²) in [4.78, 5) is 11.6. The third-order valence-electron chi connectivity index (χ3n) is 3.01. The summed E-state index contributed by atoms with van der Waals surface area (Å²) in [6, 6.07) is 7.24. The molecule has 0 atom stereocenters. The molecular formula is C14H20ClNO2. The minimum Gasteiger partial charge on any atom is -0.480 e. The van der Waals surface area contributed by atoms with Crippen LogP contribution in [0.1, 0.15) is 39.5 Å². The molecule has 0 bridgehead atoms. The number of carboxylic acid groups (broad SMARTS) is 1. The predicted molar refractivity (Wildman–Crippen MR) is 75.3 cm³/mol. The normalized spacial score (nSPS) is 11.3. The van der Waals surface area contributed by atoms with Crippen LogP contribution in [-0.4, -0.2) is 16.6 Å². The predicted octanol–water partition coefficient (Wildman–Crippen LogP) is 4.18. The molecule has 0 aliphatic rings. The van der Waals surface area contributed by atoms with Crippen molar-refractivity contribution in [3.05, 3.63) is 29.3 Å². The van der Waals surface area contributed by atoms with Crippen molar-refractivity contribution in [1.29, 1.82) is 0 Å². The second-order valence-electron chi connectivity index (χ2n) is 4.49. The molecule has 0 heterocycles. The zero-order chi connectivity index (χ0) is 13.6. The molecule has 0 aliphatic carbocycles. The molecule has 2 N–H and O–H groups in total. The van der Waals surface area contributed by atoms with Crippen LogP contribution in [0.3, 0.4) is 0 Å². The lowest BCUT2D eigenvalue weighted by atomic mass is 9.88. The molecule has 18 heavy (non-hydrogen) atoms. The number of para-hydroxylation sites is 1. The minimum absolute atomic E-state index is 0.551. The van der Waals surface area contributed by atoms with E-state index in [0.29, 0.717) is 23.6 Å². The van der Waals surface area contributed by atoms with Gasteiger partial charge in [-0.25, -0.2) is 4.79 Å². The van der Waals surface area contributed by atoms with Crippen molar-refractivity contribution in [2.75, 3.05) is 5.32 Å². The minimum atomic E-state index is -0.922. The van der Waals surface area contributed by atoms with Gasteiger partial charge in [0.05, 0.1) is 10.7 Å². The molecule has 0 aromatic heterocycles. The SMILES string of the molecule is CCCC(CCC)(Nc1ccccc1Cl)C(=O)O. The van der Waals surface area contributed by atoms with Gasteiger partial charge in [0.2, 0.25) is 0 Å². The number of aliphatic carboxylic acids is 1. The standard InChI is InChI=1S/C14H20ClNO2/c1-3-9-14(10-4-2,13(17)18)16-12-8-6-5-7-11(12)15/h5-8,16H,3-4,9-10H2,1-2H3,(H,17,18). The Morgan fingerprint density at radius 1 is 1.28 bits per heavy atom. The van der Waals surface area contributed by atoms with Crippen LogP contribution in [0.15, 0.2) is 24.3 Å². The van der Waals surface area contributed by atoms with E-state index in [1.807, 2.05) is 32.0 Å². The number of nitrogens with one attached hydrogen (secondary N) is 1. The lowest BCUT2D eigenvalue weighted by Gasteiger charge is -2.31. The molecule has 0 amide bonds. The largest absolute Gasteiger partial charge is 0.480 e. The van der Waals surface area contributed by atoms with Crippen LogP contribution >= 0.6 is 11.6 Å². The second-order valence-corrected chi connectivity index (χ2v) is 4.90. The first-order valence-electron chi connectivity index (χ1n) is 6.32. The summed E-state index contributed by atoms with van der Waals surface area (Å²) in [5, 5.41) is 13.2. The average molecular weight is 270 g/mol. The molecule has 0 fully saturated rings. The molecule has 3 nitrogen and oxygen atoms in total. The van der Waals surface area contributed by atoms with E-state index in [1.165, 1.54) is 0 Å². The number of benzene rings is 1. The van der Waals surface area contributed by atoms with Crippen LogP contribution in [0.5, 0.6) is 0 Å². The third-order valence-corrected chi connectivity index (χ3v) is 3.34. The summed E-state index contributed by atoms with van der Waals surface area (Å²) in [6.07, 6.45) is 2.79. The Bertz CT molecular complexity index is 401. The van der Waals surface area contributed by atoms with Crippen molar-refractivity contribution < 1.29 is 9.90 Å². The van der Waals surface area contributed by atoms with Crippen LogP contribution < -0.4 is 5.32 Å². The Labute approximate surface area is 113 Å². The highest BCUT2D eigenvalue weighted by Crippen LogP contribution is 2.30. The molecular weight excluding hydrogens is 250 g/mol. The first-order chi connectivity index (χ1) is 8.55. The van der Waals surface area contributed by atoms with Crippen LogP contribution in [0.25, 0.3) is 0 Å². The fraction of sp³-hybridized carbons (Fsp3) is 0.500. The maximum Gasteiger partial charge on any atom is 0.329 e. The molecule has 0 saturated carbocycles. The fourth-order valence-electron chi connectivity index (χ4n) is 2.19. The summed E-state index contributed by atoms with van der Waals surface area (Å²) in [7, 11) is 0. The maximum absolute atomic E-state index is 11.6. The Kier molecular flexibility index (Phi) is 5.48. The molecule has 100 valence electrons. The van der Waals surface area contributed by atoms with Gasteiger partial charge in [0.25, 0.3) is 0 Å². The van der Waals surface area contributed by atoms with Gasteiger partial charge in [0, 0.05) is 0 Å². The highest BCUT2D eigenvalue weighted by Gasteiger charge is 2.36. The lowest BCUT2D eigenvalue weighted by molar-refractivity contribution is -0.142. The zero-order valence-corrected chi connectivity index (χ0v) is 11.6. The van der Waals surface area contributed by atoms with Gasteiger partial charge in [-0.1, -0.05) is 50.4 Å². The van der Waals surface area contributed by atoms with Gasteiger partial charge in [-0.15, -0.1) is 0 Å². The van der Waals surface area contributed by atoms with E-state index in [0.717, 1.165) is 12.8 Å². The molecule has 0 radical (unpaired) electrons. The van der Waals surface area contributed by atoms with Crippen molar-refractivity contribution in [2.24, 2.45) is 0 Å². The molecule has 0 unspecified atom stereocenters. The second kappa shape index (κ2) is 6.64. The summed E-state index contributed by atoms with van der Waals surface area (Å²) >= 11 is 6.08. The monoisotopic (exact) mass is 269 g/mol. The van der Waals surface area contributed by atoms with Crippen molar-refractivity contribution in [2.45, 2.75) is 45.1 Å². The molecule has 1 rings (SSSR count). The van der Waals surface area contributed by atoms with Crippen molar-refractivity contribution in [3.8, 4) is 0 Å². The van der Waals surface area contributed by atoms with Gasteiger partial charge < -0.3 is 10.4 Å². The molecule has 0 saturated heterocycles. The summed E-state index contributed by atoms with van der Waals surface area (Å²) in [5.41, 5.74) is -0.238. The topological polar surface area (TPSA) is 49.3 Å². The number of carbonyl (C=O) groups is 1. The smallest absolute Gasteiger partial charge is 0.329 e. The van der Waals surface area contributed by atoms with Gasteiger partial charge in [0.15, 0.2) is 0 Å². The third kappa shape index (κ3) is 3.39. The fourth-order valence-corrected chi connectivity index (χ4v) is 2.37. The van der Waals surface area contributed by atoms with Gasteiger partial charge in [0.1, 0.15) is 5.54 Å². The Hall–Kier alpha value is -1.22. The molecule has 1 aromatic carbocycles. The highest BCUT2D eigenvalue weighted by atomic mass is 35.5. The Morgan fingerprint density at radius 3 is 2.28 bits per heavy atom. The summed E-state index contributed by atoms with van der Waals surface area (Å²) < 4.78 is 0. The van der Waals surface area contributed by atoms with Crippen molar-refractivity contribution in [3.63, 3.8) is 0 Å². The molecule has 0 aliphatic heterocycles. The van der Waals surface area contributed by atoms with Gasteiger partial charge in [-0.05, 0) is 25.0 Å². The molecule has 1 aromatic rings. The quantitative estimate of drug-likeness (QED) is 0.781. The number of hydrogen-bond acceptors (Lipinski definition) is 2. The van der Waals surface area contributed by atoms with E-state index < -0.39 is 11.5 Å². The average Bonchev–Trinajstić information content (AvgIpc) is 2.32. The Morgan fingerprint density at radius 2 is 1.83 bits per heavy atom. The van der Waals surface area contributed by atoms with Gasteiger partial charge in [-0.2, -0.15) is 0 Å². The number of carboxylic acids is 1. The summed E-state index contributed by atoms with van der Waals surface area (Å²) in [5.74, 6) is -0.814. The molecule has 0 spiro atoms. The maximum atomic E-state index is 11.6. The van der Waals surface area contributed by atoms with Crippen LogP contribution in [0.4, 0.5) is 5.69 Å². The van der Waals surface area contributed by atoms with Crippen LogP contribution in [0.2, 0.25) is 5.02 Å². The van der Waals surface area contributed by atoms with E-state index in [1.54, 1.807) is 6.07 Å². The van der Waals surface area contributed by atoms with Gasteiger partial charge in [-0.3, -0.25) is 0 Å². The van der Waals surface area contributed by atoms with Gasteiger partial charge >= 0.3 is 5.97 Å². The number of halogens is 1. The number of rotatable bonds is 7. The Balaban J connectivity index is 3.03. The zero-order valence-electron chi connectivity index (χ0n) is 10.9. The van der Waals surface area contributed by atoms with E-state index >= 15 is 0 Å².